The minimum atomic E-state index is -0.374. The quantitative estimate of drug-likeness (QED) is 0.835. The van der Waals surface area contributed by atoms with Crippen molar-refractivity contribution in [3.8, 4) is 0 Å². The number of nitrogens with two attached hydrogens (primary N) is 2. The van der Waals surface area contributed by atoms with Crippen molar-refractivity contribution in [2.75, 3.05) is 6.54 Å². The highest BCUT2D eigenvalue weighted by Crippen LogP contribution is 2.28. The second kappa shape index (κ2) is 5.45. The zero-order valence-electron chi connectivity index (χ0n) is 8.76. The zero-order chi connectivity index (χ0) is 11.4. The number of rotatable bonds is 4. The average molecular weight is 231 g/mol. The fourth-order valence-corrected chi connectivity index (χ4v) is 1.79. The minimum absolute atomic E-state index is 0.299. The predicted molar refractivity (Wildman–Crippen MR) is 61.4 cm³/mol. The van der Waals surface area contributed by atoms with Crippen LogP contribution >= 0.6 is 11.6 Å². The van der Waals surface area contributed by atoms with E-state index in [9.17, 15) is 4.39 Å². The number of aryl methyl sites for hydroxylation is 1. The van der Waals surface area contributed by atoms with Gasteiger partial charge in [0, 0.05) is 16.6 Å². The molecule has 1 aromatic rings. The molecule has 0 bridgehead atoms. The van der Waals surface area contributed by atoms with Crippen LogP contribution in [0.5, 0.6) is 0 Å². The van der Waals surface area contributed by atoms with Crippen LogP contribution in [-0.4, -0.2) is 6.54 Å². The molecule has 0 fully saturated rings. The van der Waals surface area contributed by atoms with Crippen molar-refractivity contribution < 1.29 is 4.39 Å². The molecule has 2 nitrogen and oxygen atoms in total. The number of hydrogen-bond donors (Lipinski definition) is 2. The van der Waals surface area contributed by atoms with Crippen LogP contribution in [0.2, 0.25) is 5.02 Å². The zero-order valence-corrected chi connectivity index (χ0v) is 9.52. The van der Waals surface area contributed by atoms with Crippen molar-refractivity contribution in [3.63, 3.8) is 0 Å². The van der Waals surface area contributed by atoms with Gasteiger partial charge in [-0.1, -0.05) is 17.7 Å². The molecule has 84 valence electrons. The molecule has 0 unspecified atom stereocenters. The van der Waals surface area contributed by atoms with E-state index in [1.165, 1.54) is 0 Å². The van der Waals surface area contributed by atoms with Crippen molar-refractivity contribution in [3.05, 3.63) is 34.1 Å². The van der Waals surface area contributed by atoms with Crippen LogP contribution in [-0.2, 0) is 0 Å². The lowest BCUT2D eigenvalue weighted by Gasteiger charge is -2.15. The van der Waals surface area contributed by atoms with Crippen molar-refractivity contribution in [1.82, 2.24) is 0 Å². The van der Waals surface area contributed by atoms with Gasteiger partial charge in [-0.15, -0.1) is 0 Å². The van der Waals surface area contributed by atoms with E-state index in [2.05, 4.69) is 0 Å². The molecule has 0 spiro atoms. The van der Waals surface area contributed by atoms with E-state index in [-0.39, 0.29) is 11.9 Å². The first-order valence-corrected chi connectivity index (χ1v) is 5.36. The summed E-state index contributed by atoms with van der Waals surface area (Å²) in [5.74, 6) is -0.299. The molecular weight excluding hydrogens is 215 g/mol. The van der Waals surface area contributed by atoms with Crippen LogP contribution in [0.3, 0.4) is 0 Å². The third-order valence-electron chi connectivity index (χ3n) is 2.41. The van der Waals surface area contributed by atoms with Crippen LogP contribution in [0.4, 0.5) is 4.39 Å². The van der Waals surface area contributed by atoms with Crippen molar-refractivity contribution >= 4 is 11.6 Å². The second-order valence-electron chi connectivity index (χ2n) is 3.63. The second-order valence-corrected chi connectivity index (χ2v) is 4.04. The van der Waals surface area contributed by atoms with Crippen molar-refractivity contribution in [1.29, 1.82) is 0 Å². The highest BCUT2D eigenvalue weighted by atomic mass is 35.5. The van der Waals surface area contributed by atoms with Gasteiger partial charge in [0.15, 0.2) is 0 Å². The van der Waals surface area contributed by atoms with Gasteiger partial charge < -0.3 is 11.5 Å². The lowest BCUT2D eigenvalue weighted by atomic mass is 10.00. The van der Waals surface area contributed by atoms with Gasteiger partial charge in [-0.2, -0.15) is 0 Å². The topological polar surface area (TPSA) is 52.0 Å². The first-order valence-electron chi connectivity index (χ1n) is 4.98. The summed E-state index contributed by atoms with van der Waals surface area (Å²) in [4.78, 5) is 0. The van der Waals surface area contributed by atoms with E-state index < -0.39 is 0 Å². The molecule has 0 heterocycles. The molecule has 4 N–H and O–H groups in total. The van der Waals surface area contributed by atoms with Crippen LogP contribution in [0.15, 0.2) is 12.1 Å². The monoisotopic (exact) mass is 230 g/mol. The van der Waals surface area contributed by atoms with Gasteiger partial charge in [0.05, 0.1) is 0 Å². The van der Waals surface area contributed by atoms with E-state index in [0.717, 1.165) is 6.42 Å². The van der Waals surface area contributed by atoms with Gasteiger partial charge in [0.1, 0.15) is 5.82 Å². The Balaban J connectivity index is 2.96. The Morgan fingerprint density at radius 2 is 2.13 bits per heavy atom. The molecule has 0 aliphatic heterocycles. The molecule has 0 radical (unpaired) electrons. The molecule has 0 aliphatic rings. The fraction of sp³-hybridized carbons (Fsp3) is 0.455. The first-order chi connectivity index (χ1) is 7.07. The van der Waals surface area contributed by atoms with Gasteiger partial charge >= 0.3 is 0 Å². The average Bonchev–Trinajstić information content (AvgIpc) is 2.21. The number of hydrogen-bond acceptors (Lipinski definition) is 2. The van der Waals surface area contributed by atoms with Gasteiger partial charge in [-0.05, 0) is 37.9 Å². The summed E-state index contributed by atoms with van der Waals surface area (Å²) in [6, 6.07) is 2.95. The van der Waals surface area contributed by atoms with E-state index in [1.54, 1.807) is 19.1 Å². The number of halogens is 2. The largest absolute Gasteiger partial charge is 0.330 e. The normalized spacial score (nSPS) is 12.9. The highest BCUT2D eigenvalue weighted by Gasteiger charge is 2.16. The molecular formula is C11H16ClFN2. The highest BCUT2D eigenvalue weighted by molar-refractivity contribution is 6.31. The molecule has 0 amide bonds. The van der Waals surface area contributed by atoms with Crippen LogP contribution in [0.25, 0.3) is 0 Å². The first kappa shape index (κ1) is 12.4. The van der Waals surface area contributed by atoms with E-state index in [0.29, 0.717) is 29.1 Å². The Labute approximate surface area is 94.4 Å². The van der Waals surface area contributed by atoms with Gasteiger partial charge in [-0.25, -0.2) is 4.39 Å². The SMILES string of the molecule is Cc1ccc(Cl)c([C@H](N)CCCN)c1F. The Bertz CT molecular complexity index is 342. The van der Waals surface area contributed by atoms with Gasteiger partial charge in [-0.3, -0.25) is 0 Å². The molecule has 1 atom stereocenters. The summed E-state index contributed by atoms with van der Waals surface area (Å²) in [6.45, 7) is 2.25. The summed E-state index contributed by atoms with van der Waals surface area (Å²) in [5.41, 5.74) is 12.2. The molecule has 4 heteroatoms. The molecule has 0 aliphatic carbocycles. The number of benzene rings is 1. The fourth-order valence-electron chi connectivity index (χ4n) is 1.50. The maximum absolute atomic E-state index is 13.7. The van der Waals surface area contributed by atoms with E-state index in [4.69, 9.17) is 23.1 Å². The van der Waals surface area contributed by atoms with Gasteiger partial charge in [0.25, 0.3) is 0 Å². The molecule has 15 heavy (non-hydrogen) atoms. The lowest BCUT2D eigenvalue weighted by molar-refractivity contribution is 0.548. The lowest BCUT2D eigenvalue weighted by Crippen LogP contribution is -2.15. The summed E-state index contributed by atoms with van der Waals surface area (Å²) in [6.07, 6.45) is 1.42. The standard InChI is InChI=1S/C11H16ClFN2/c1-7-4-5-8(12)10(11(7)13)9(15)3-2-6-14/h4-5,9H,2-3,6,14-15H2,1H3/t9-/m1/s1. The third kappa shape index (κ3) is 2.91. The van der Waals surface area contributed by atoms with Crippen LogP contribution < -0.4 is 11.5 Å². The van der Waals surface area contributed by atoms with Crippen molar-refractivity contribution in [2.45, 2.75) is 25.8 Å². The van der Waals surface area contributed by atoms with Crippen molar-refractivity contribution in [2.24, 2.45) is 11.5 Å². The minimum Gasteiger partial charge on any atom is -0.330 e. The molecule has 0 saturated carbocycles. The summed E-state index contributed by atoms with van der Waals surface area (Å²) < 4.78 is 13.7. The maximum atomic E-state index is 13.7. The van der Waals surface area contributed by atoms with Crippen LogP contribution in [0, 0.1) is 12.7 Å². The molecule has 1 aromatic carbocycles. The molecule has 0 saturated heterocycles. The van der Waals surface area contributed by atoms with Gasteiger partial charge in [0.2, 0.25) is 0 Å². The maximum Gasteiger partial charge on any atom is 0.132 e. The van der Waals surface area contributed by atoms with Crippen LogP contribution in [0.1, 0.15) is 30.0 Å². The summed E-state index contributed by atoms with van der Waals surface area (Å²) >= 11 is 5.92. The Morgan fingerprint density at radius 1 is 1.47 bits per heavy atom. The van der Waals surface area contributed by atoms with E-state index >= 15 is 0 Å². The smallest absolute Gasteiger partial charge is 0.132 e. The predicted octanol–water partition coefficient (Wildman–Crippen LogP) is 2.53. The summed E-state index contributed by atoms with van der Waals surface area (Å²) in [5, 5.41) is 0.391. The Morgan fingerprint density at radius 3 is 2.73 bits per heavy atom. The third-order valence-corrected chi connectivity index (χ3v) is 2.74. The molecule has 1 rings (SSSR count). The Kier molecular flexibility index (Phi) is 4.51. The van der Waals surface area contributed by atoms with E-state index in [1.807, 2.05) is 0 Å². The summed E-state index contributed by atoms with van der Waals surface area (Å²) in [7, 11) is 0. The molecule has 0 aromatic heterocycles. The Hall–Kier alpha value is -0.640.